The molecule has 1 amide bonds. The molecule has 1 aromatic heterocycles. The molecule has 1 atom stereocenters. The van der Waals surface area contributed by atoms with Crippen molar-refractivity contribution in [3.63, 3.8) is 0 Å². The van der Waals surface area contributed by atoms with Gasteiger partial charge in [0, 0.05) is 18.3 Å². The minimum Gasteiger partial charge on any atom is -0.495 e. The first-order valence-corrected chi connectivity index (χ1v) is 11.3. The second-order valence-electron chi connectivity index (χ2n) is 8.87. The lowest BCUT2D eigenvalue weighted by Gasteiger charge is -2.38. The Balaban J connectivity index is 1.63. The molecule has 6 heteroatoms. The zero-order valence-corrected chi connectivity index (χ0v) is 19.6. The average molecular weight is 448 g/mol. The van der Waals surface area contributed by atoms with Crippen molar-refractivity contribution in [2.24, 2.45) is 5.92 Å². The lowest BCUT2D eigenvalue weighted by Crippen LogP contribution is -2.41. The van der Waals surface area contributed by atoms with Crippen LogP contribution >= 0.6 is 0 Å². The van der Waals surface area contributed by atoms with Crippen molar-refractivity contribution in [3.05, 3.63) is 83.2 Å². The molecule has 1 aliphatic heterocycles. The molecule has 0 unspecified atom stereocenters. The number of aryl methyl sites for hydroxylation is 1. The zero-order valence-electron chi connectivity index (χ0n) is 19.6. The number of halogens is 1. The molecule has 0 aliphatic carbocycles. The number of amides is 1. The quantitative estimate of drug-likeness (QED) is 0.453. The Morgan fingerprint density at radius 1 is 1.15 bits per heavy atom. The maximum Gasteiger partial charge on any atom is 0.250 e. The largest absolute Gasteiger partial charge is 0.495 e. The van der Waals surface area contributed by atoms with E-state index in [1.54, 1.807) is 25.6 Å². The summed E-state index contributed by atoms with van der Waals surface area (Å²) < 4.78 is 21.0. The summed E-state index contributed by atoms with van der Waals surface area (Å²) in [7, 11) is 1.64. The monoisotopic (exact) mass is 447 g/mol. The summed E-state index contributed by atoms with van der Waals surface area (Å²) in [6, 6.07) is 12.3. The Labute approximate surface area is 194 Å². The number of hydrogen-bond acceptors (Lipinski definition) is 3. The van der Waals surface area contributed by atoms with Crippen LogP contribution in [-0.4, -0.2) is 34.0 Å². The maximum absolute atomic E-state index is 13.5. The van der Waals surface area contributed by atoms with Gasteiger partial charge in [-0.1, -0.05) is 32.0 Å². The number of benzene rings is 2. The summed E-state index contributed by atoms with van der Waals surface area (Å²) in [5.41, 5.74) is 4.48. The highest BCUT2D eigenvalue weighted by molar-refractivity contribution is 5.98. The fourth-order valence-corrected chi connectivity index (χ4v) is 4.57. The van der Waals surface area contributed by atoms with Crippen LogP contribution in [0.4, 0.5) is 4.39 Å². The molecule has 0 N–H and O–H groups in total. The normalized spacial score (nSPS) is 16.5. The molecule has 1 aliphatic rings. The van der Waals surface area contributed by atoms with Crippen LogP contribution in [0.25, 0.3) is 11.8 Å². The van der Waals surface area contributed by atoms with Crippen LogP contribution in [0.5, 0.6) is 5.75 Å². The first-order valence-electron chi connectivity index (χ1n) is 11.3. The highest BCUT2D eigenvalue weighted by Gasteiger charge is 2.32. The highest BCUT2D eigenvalue weighted by Crippen LogP contribution is 2.34. The van der Waals surface area contributed by atoms with Crippen LogP contribution in [0.2, 0.25) is 0 Å². The lowest BCUT2D eigenvalue weighted by molar-refractivity contribution is -0.132. The molecule has 1 saturated heterocycles. The van der Waals surface area contributed by atoms with Crippen LogP contribution in [0.15, 0.2) is 60.6 Å². The molecule has 4 rings (SSSR count). The van der Waals surface area contributed by atoms with Crippen LogP contribution in [-0.2, 0) is 4.79 Å². The number of likely N-dealkylation sites (tertiary alicyclic amines) is 1. The van der Waals surface area contributed by atoms with Crippen molar-refractivity contribution < 1.29 is 13.9 Å². The number of aromatic nitrogens is 2. The van der Waals surface area contributed by atoms with Gasteiger partial charge in [-0.25, -0.2) is 9.37 Å². The number of carbonyl (C=O) groups excluding carboxylic acids is 1. The number of nitrogens with zero attached hydrogens (tertiary/aromatic N) is 3. The van der Waals surface area contributed by atoms with Gasteiger partial charge in [-0.15, -0.1) is 0 Å². The predicted molar refractivity (Wildman–Crippen MR) is 128 cm³/mol. The van der Waals surface area contributed by atoms with Gasteiger partial charge in [-0.05, 0) is 67.2 Å². The minimum atomic E-state index is -0.268. The van der Waals surface area contributed by atoms with E-state index >= 15 is 0 Å². The third-order valence-corrected chi connectivity index (χ3v) is 6.09. The Hall–Kier alpha value is -3.41. The smallest absolute Gasteiger partial charge is 0.250 e. The summed E-state index contributed by atoms with van der Waals surface area (Å²) in [5, 5.41) is 0. The molecule has 0 radical (unpaired) electrons. The number of methoxy groups -OCH3 is 1. The van der Waals surface area contributed by atoms with Crippen molar-refractivity contribution in [1.29, 1.82) is 0 Å². The number of rotatable bonds is 6. The number of carbonyl (C=O) groups is 1. The summed E-state index contributed by atoms with van der Waals surface area (Å²) in [6.45, 7) is 6.83. The summed E-state index contributed by atoms with van der Waals surface area (Å²) in [6.07, 6.45) is 7.29. The molecule has 5 nitrogen and oxygen atoms in total. The van der Waals surface area contributed by atoms with Gasteiger partial charge in [0.2, 0.25) is 5.91 Å². The van der Waals surface area contributed by atoms with Crippen molar-refractivity contribution in [2.45, 2.75) is 39.7 Å². The second kappa shape index (κ2) is 9.61. The molecule has 3 aromatic rings. The molecule has 1 fully saturated rings. The van der Waals surface area contributed by atoms with Crippen molar-refractivity contribution in [1.82, 2.24) is 14.5 Å². The molecule has 33 heavy (non-hydrogen) atoms. The van der Waals surface area contributed by atoms with E-state index in [0.29, 0.717) is 12.3 Å². The predicted octanol–water partition coefficient (Wildman–Crippen LogP) is 5.73. The number of hydrogen-bond donors (Lipinski definition) is 0. The van der Waals surface area contributed by atoms with E-state index in [1.807, 2.05) is 46.9 Å². The van der Waals surface area contributed by atoms with Gasteiger partial charge in [0.1, 0.15) is 11.6 Å². The zero-order chi connectivity index (χ0) is 23.5. The topological polar surface area (TPSA) is 47.4 Å². The molecular weight excluding hydrogens is 417 g/mol. The lowest BCUT2D eigenvalue weighted by atomic mass is 9.90. The van der Waals surface area contributed by atoms with Gasteiger partial charge in [-0.3, -0.25) is 4.79 Å². The first-order chi connectivity index (χ1) is 15.9. The van der Waals surface area contributed by atoms with E-state index < -0.39 is 0 Å². The van der Waals surface area contributed by atoms with Crippen molar-refractivity contribution in [2.75, 3.05) is 13.7 Å². The van der Waals surface area contributed by atoms with Crippen LogP contribution < -0.4 is 4.74 Å². The SMILES string of the molecule is COc1cc(/C=C2\CCCN([C@H](c3ccc(F)cc3)C(C)C)C2=O)ccc1-n1cnc(C)c1. The molecular formula is C27H30FN3O2. The van der Waals surface area contributed by atoms with Gasteiger partial charge >= 0.3 is 0 Å². The number of imidazole rings is 1. The van der Waals surface area contributed by atoms with Crippen LogP contribution in [0.3, 0.4) is 0 Å². The van der Waals surface area contributed by atoms with Crippen LogP contribution in [0.1, 0.15) is 49.6 Å². The minimum absolute atomic E-state index is 0.0394. The third kappa shape index (κ3) is 4.85. The Kier molecular flexibility index (Phi) is 6.63. The van der Waals surface area contributed by atoms with Gasteiger partial charge in [0.15, 0.2) is 0 Å². The van der Waals surface area contributed by atoms with E-state index in [9.17, 15) is 9.18 Å². The highest BCUT2D eigenvalue weighted by atomic mass is 19.1. The van der Waals surface area contributed by atoms with Gasteiger partial charge in [0.05, 0.1) is 30.9 Å². The fraction of sp³-hybridized carbons (Fsp3) is 0.333. The summed E-state index contributed by atoms with van der Waals surface area (Å²) in [5.74, 6) is 0.692. The second-order valence-corrected chi connectivity index (χ2v) is 8.87. The average Bonchev–Trinajstić information content (AvgIpc) is 3.23. The Morgan fingerprint density at radius 2 is 1.91 bits per heavy atom. The first kappa shape index (κ1) is 22.8. The Morgan fingerprint density at radius 3 is 2.55 bits per heavy atom. The van der Waals surface area contributed by atoms with E-state index in [0.717, 1.165) is 40.9 Å². The fourth-order valence-electron chi connectivity index (χ4n) is 4.57. The van der Waals surface area contributed by atoms with E-state index in [2.05, 4.69) is 18.8 Å². The van der Waals surface area contributed by atoms with E-state index in [4.69, 9.17) is 4.74 Å². The standard InChI is InChI=1S/C27H30FN3O2/c1-18(2)26(21-8-10-23(28)11-9-21)31-13-5-6-22(27(31)32)14-20-7-12-24(25(15-20)33-4)30-16-19(3)29-17-30/h7-12,14-18,26H,5-6,13H2,1-4H3/b22-14+/t26-/m0/s1. The van der Waals surface area contributed by atoms with Crippen molar-refractivity contribution in [3.8, 4) is 11.4 Å². The van der Waals surface area contributed by atoms with Gasteiger partial charge < -0.3 is 14.2 Å². The van der Waals surface area contributed by atoms with E-state index in [-0.39, 0.29) is 23.7 Å². The third-order valence-electron chi connectivity index (χ3n) is 6.09. The number of piperidine rings is 1. The van der Waals surface area contributed by atoms with Gasteiger partial charge in [0.25, 0.3) is 0 Å². The van der Waals surface area contributed by atoms with E-state index in [1.165, 1.54) is 12.1 Å². The molecule has 0 spiro atoms. The molecule has 2 heterocycles. The molecule has 0 saturated carbocycles. The molecule has 2 aromatic carbocycles. The molecule has 172 valence electrons. The van der Waals surface area contributed by atoms with Crippen LogP contribution in [0, 0.1) is 18.7 Å². The molecule has 0 bridgehead atoms. The number of ether oxygens (including phenoxy) is 1. The van der Waals surface area contributed by atoms with Crippen molar-refractivity contribution >= 4 is 12.0 Å². The van der Waals surface area contributed by atoms with Gasteiger partial charge in [-0.2, -0.15) is 0 Å². The summed E-state index contributed by atoms with van der Waals surface area (Å²) in [4.78, 5) is 19.7. The Bertz CT molecular complexity index is 1160. The maximum atomic E-state index is 13.5. The summed E-state index contributed by atoms with van der Waals surface area (Å²) >= 11 is 0.